The minimum absolute atomic E-state index is 0.391. The number of nitrogens with zero attached hydrogens (tertiary/aromatic N) is 1. The van der Waals surface area contributed by atoms with E-state index >= 15 is 0 Å². The van der Waals surface area contributed by atoms with Gasteiger partial charge in [0.25, 0.3) is 0 Å². The Morgan fingerprint density at radius 3 is 2.46 bits per heavy atom. The number of hydrogen-bond acceptors (Lipinski definition) is 3. The fourth-order valence-corrected chi connectivity index (χ4v) is 2.47. The summed E-state index contributed by atoms with van der Waals surface area (Å²) in [6.07, 6.45) is 1.33. The smallest absolute Gasteiger partial charge is 0.418 e. The summed E-state index contributed by atoms with van der Waals surface area (Å²) in [7, 11) is 0. The molecule has 0 N–H and O–H groups in total. The zero-order valence-corrected chi connectivity index (χ0v) is 14.2. The maximum atomic E-state index is 12.3. The highest BCUT2D eigenvalue weighted by Crippen LogP contribution is 2.28. The first-order valence-corrected chi connectivity index (χ1v) is 7.94. The number of rotatable bonds is 3. The largest absolute Gasteiger partial charge is 0.488 e. The fraction of sp³-hybridized carbons (Fsp3) is 0.250. The topological polar surface area (TPSA) is 40.5 Å². The monoisotopic (exact) mass is 323 g/mol. The molecule has 24 heavy (non-hydrogen) atoms. The van der Waals surface area contributed by atoms with Gasteiger partial charge >= 0.3 is 6.09 Å². The number of fused-ring (bicyclic) bond motifs is 1. The molecule has 0 spiro atoms. The molecule has 0 aliphatic carbocycles. The van der Waals surface area contributed by atoms with E-state index in [2.05, 4.69) is 0 Å². The molecule has 0 saturated carbocycles. The molecular weight excluding hydrogens is 302 g/mol. The Morgan fingerprint density at radius 2 is 1.75 bits per heavy atom. The van der Waals surface area contributed by atoms with E-state index in [1.165, 1.54) is 4.57 Å². The van der Waals surface area contributed by atoms with Gasteiger partial charge < -0.3 is 9.47 Å². The molecule has 0 bridgehead atoms. The van der Waals surface area contributed by atoms with Gasteiger partial charge in [0.1, 0.15) is 18.0 Å². The van der Waals surface area contributed by atoms with Crippen molar-refractivity contribution in [2.45, 2.75) is 33.0 Å². The van der Waals surface area contributed by atoms with Crippen molar-refractivity contribution in [3.05, 3.63) is 66.4 Å². The molecule has 124 valence electrons. The third-order valence-corrected chi connectivity index (χ3v) is 3.52. The van der Waals surface area contributed by atoms with Gasteiger partial charge in [-0.05, 0) is 44.5 Å². The van der Waals surface area contributed by atoms with Crippen LogP contribution in [0.25, 0.3) is 10.9 Å². The van der Waals surface area contributed by atoms with Gasteiger partial charge in [0.15, 0.2) is 0 Å². The van der Waals surface area contributed by atoms with Crippen LogP contribution < -0.4 is 4.74 Å². The van der Waals surface area contributed by atoms with Gasteiger partial charge in [0, 0.05) is 11.6 Å². The third kappa shape index (κ3) is 3.59. The third-order valence-electron chi connectivity index (χ3n) is 3.52. The standard InChI is InChI=1S/C20H21NO3/c1-20(2,3)24-19(22)21-13-12-16-17(21)10-7-11-18(16)23-14-15-8-5-4-6-9-15/h4-13H,14H2,1-3H3. The minimum Gasteiger partial charge on any atom is -0.488 e. The molecule has 0 fully saturated rings. The summed E-state index contributed by atoms with van der Waals surface area (Å²) < 4.78 is 12.9. The lowest BCUT2D eigenvalue weighted by Crippen LogP contribution is -2.26. The molecule has 0 amide bonds. The quantitative estimate of drug-likeness (QED) is 0.681. The van der Waals surface area contributed by atoms with E-state index in [0.717, 1.165) is 22.2 Å². The Bertz CT molecular complexity index is 844. The highest BCUT2D eigenvalue weighted by molar-refractivity contribution is 5.93. The van der Waals surface area contributed by atoms with Crippen molar-refractivity contribution in [1.82, 2.24) is 4.57 Å². The molecule has 4 nitrogen and oxygen atoms in total. The van der Waals surface area contributed by atoms with Crippen LogP contribution in [0, 0.1) is 0 Å². The van der Waals surface area contributed by atoms with Crippen LogP contribution in [-0.4, -0.2) is 16.3 Å². The van der Waals surface area contributed by atoms with E-state index in [0.29, 0.717) is 6.61 Å². The second kappa shape index (κ2) is 6.40. The summed E-state index contributed by atoms with van der Waals surface area (Å²) in [6, 6.07) is 17.5. The van der Waals surface area contributed by atoms with Crippen molar-refractivity contribution in [3.63, 3.8) is 0 Å². The van der Waals surface area contributed by atoms with Crippen LogP contribution in [-0.2, 0) is 11.3 Å². The van der Waals surface area contributed by atoms with Crippen LogP contribution in [0.4, 0.5) is 4.79 Å². The van der Waals surface area contributed by atoms with Crippen LogP contribution in [0.3, 0.4) is 0 Å². The molecule has 0 unspecified atom stereocenters. The molecule has 1 aromatic heterocycles. The van der Waals surface area contributed by atoms with Crippen LogP contribution >= 0.6 is 0 Å². The Kier molecular flexibility index (Phi) is 4.30. The zero-order valence-electron chi connectivity index (χ0n) is 14.2. The first-order valence-electron chi connectivity index (χ1n) is 7.94. The zero-order chi connectivity index (χ0) is 17.2. The predicted molar refractivity (Wildman–Crippen MR) is 94.3 cm³/mol. The highest BCUT2D eigenvalue weighted by Gasteiger charge is 2.19. The lowest BCUT2D eigenvalue weighted by Gasteiger charge is -2.19. The summed E-state index contributed by atoms with van der Waals surface area (Å²) in [5, 5.41) is 0.888. The molecule has 0 aliphatic heterocycles. The summed E-state index contributed by atoms with van der Waals surface area (Å²) in [6.45, 7) is 6.04. The average Bonchev–Trinajstić information content (AvgIpc) is 2.97. The lowest BCUT2D eigenvalue weighted by molar-refractivity contribution is 0.0544. The van der Waals surface area contributed by atoms with Crippen molar-refractivity contribution in [2.75, 3.05) is 0 Å². The SMILES string of the molecule is CC(C)(C)OC(=O)n1ccc2c(OCc3ccccc3)cccc21. The first-order chi connectivity index (χ1) is 11.4. The van der Waals surface area contributed by atoms with Crippen molar-refractivity contribution in [2.24, 2.45) is 0 Å². The summed E-state index contributed by atoms with van der Waals surface area (Å²) in [5.41, 5.74) is 1.34. The average molecular weight is 323 g/mol. The van der Waals surface area contributed by atoms with Crippen molar-refractivity contribution >= 4 is 17.0 Å². The number of carbonyl (C=O) groups excluding carboxylic acids is 1. The minimum atomic E-state index is -0.533. The first kappa shape index (κ1) is 16.1. The lowest BCUT2D eigenvalue weighted by atomic mass is 10.2. The Hall–Kier alpha value is -2.75. The van der Waals surface area contributed by atoms with E-state index in [1.807, 2.05) is 75.4 Å². The van der Waals surface area contributed by atoms with E-state index in [-0.39, 0.29) is 0 Å². The summed E-state index contributed by atoms with van der Waals surface area (Å²) >= 11 is 0. The van der Waals surface area contributed by atoms with Crippen molar-refractivity contribution < 1.29 is 14.3 Å². The van der Waals surface area contributed by atoms with Crippen molar-refractivity contribution in [1.29, 1.82) is 0 Å². The predicted octanol–water partition coefficient (Wildman–Crippen LogP) is 5.00. The van der Waals surface area contributed by atoms with Crippen LogP contribution in [0.5, 0.6) is 5.75 Å². The second-order valence-electron chi connectivity index (χ2n) is 6.63. The van der Waals surface area contributed by atoms with Crippen LogP contribution in [0.15, 0.2) is 60.8 Å². The Morgan fingerprint density at radius 1 is 1.00 bits per heavy atom. The van der Waals surface area contributed by atoms with Gasteiger partial charge in [-0.25, -0.2) is 4.79 Å². The maximum absolute atomic E-state index is 12.3. The van der Waals surface area contributed by atoms with Gasteiger partial charge in [-0.1, -0.05) is 36.4 Å². The molecule has 0 radical (unpaired) electrons. The maximum Gasteiger partial charge on any atom is 0.418 e. The van der Waals surface area contributed by atoms with Gasteiger partial charge in [0.2, 0.25) is 0 Å². The fourth-order valence-electron chi connectivity index (χ4n) is 2.47. The Balaban J connectivity index is 1.85. The normalized spacial score (nSPS) is 11.5. The second-order valence-corrected chi connectivity index (χ2v) is 6.63. The van der Waals surface area contributed by atoms with E-state index in [4.69, 9.17) is 9.47 Å². The van der Waals surface area contributed by atoms with E-state index in [9.17, 15) is 4.79 Å². The van der Waals surface area contributed by atoms with Crippen molar-refractivity contribution in [3.8, 4) is 5.75 Å². The molecular formula is C20H21NO3. The van der Waals surface area contributed by atoms with Crippen LogP contribution in [0.1, 0.15) is 26.3 Å². The Labute approximate surface area is 141 Å². The number of benzene rings is 2. The summed E-state index contributed by atoms with van der Waals surface area (Å²) in [5.74, 6) is 0.749. The van der Waals surface area contributed by atoms with Crippen LogP contribution in [0.2, 0.25) is 0 Å². The van der Waals surface area contributed by atoms with Gasteiger partial charge in [-0.2, -0.15) is 0 Å². The number of aromatic nitrogens is 1. The molecule has 0 aliphatic rings. The molecule has 3 aromatic rings. The molecule has 4 heteroatoms. The van der Waals surface area contributed by atoms with Gasteiger partial charge in [-0.15, -0.1) is 0 Å². The molecule has 2 aromatic carbocycles. The van der Waals surface area contributed by atoms with E-state index in [1.54, 1.807) is 6.20 Å². The van der Waals surface area contributed by atoms with Gasteiger partial charge in [-0.3, -0.25) is 4.57 Å². The van der Waals surface area contributed by atoms with E-state index < -0.39 is 11.7 Å². The number of hydrogen-bond donors (Lipinski definition) is 0. The number of ether oxygens (including phenoxy) is 2. The molecule has 1 heterocycles. The van der Waals surface area contributed by atoms with Gasteiger partial charge in [0.05, 0.1) is 5.52 Å². The molecule has 0 atom stereocenters. The highest BCUT2D eigenvalue weighted by atomic mass is 16.6. The number of carbonyl (C=O) groups is 1. The molecule has 3 rings (SSSR count). The summed E-state index contributed by atoms with van der Waals surface area (Å²) in [4.78, 5) is 12.3. The molecule has 0 saturated heterocycles.